The molecule has 0 radical (unpaired) electrons. The first kappa shape index (κ1) is 15.4. The van der Waals surface area contributed by atoms with Gasteiger partial charge < -0.3 is 0 Å². The molecular weight excluding hydrogens is 310 g/mol. The quantitative estimate of drug-likeness (QED) is 0.436. The van der Waals surface area contributed by atoms with Gasteiger partial charge >= 0.3 is 118 Å². The van der Waals surface area contributed by atoms with E-state index >= 15 is 0 Å². The van der Waals surface area contributed by atoms with Gasteiger partial charge in [-0.15, -0.1) is 0 Å². The van der Waals surface area contributed by atoms with Crippen molar-refractivity contribution in [3.8, 4) is 0 Å². The van der Waals surface area contributed by atoms with E-state index in [1.54, 1.807) is 0 Å². The third-order valence-corrected chi connectivity index (χ3v) is 18.8. The van der Waals surface area contributed by atoms with Gasteiger partial charge in [0.05, 0.1) is 0 Å². The average molecular weight is 333 g/mol. The Morgan fingerprint density at radius 1 is 1.18 bits per heavy atom. The van der Waals surface area contributed by atoms with Crippen molar-refractivity contribution < 1.29 is 0 Å². The van der Waals surface area contributed by atoms with E-state index in [-0.39, 0.29) is 5.16 Å². The second kappa shape index (κ2) is 6.53. The summed E-state index contributed by atoms with van der Waals surface area (Å²) in [5, 5.41) is 3.04. The van der Waals surface area contributed by atoms with Crippen molar-refractivity contribution in [3.63, 3.8) is 0 Å². The first-order valence-corrected chi connectivity index (χ1v) is 12.4. The molecule has 0 aromatic heterocycles. The Morgan fingerprint density at radius 2 is 1.76 bits per heavy atom. The van der Waals surface area contributed by atoms with Crippen LogP contribution in [0.25, 0.3) is 0 Å². The van der Waals surface area contributed by atoms with Gasteiger partial charge in [-0.1, -0.05) is 0 Å². The van der Waals surface area contributed by atoms with Crippen LogP contribution in [-0.4, -0.2) is 19.7 Å². The van der Waals surface area contributed by atoms with Gasteiger partial charge in [0.25, 0.3) is 0 Å². The maximum atomic E-state index is 6.16. The second-order valence-corrected chi connectivity index (χ2v) is 17.6. The van der Waals surface area contributed by atoms with Crippen molar-refractivity contribution >= 4 is 36.4 Å². The molecule has 0 aliphatic carbocycles. The molecule has 1 unspecified atom stereocenters. The monoisotopic (exact) mass is 334 g/mol. The zero-order chi connectivity index (χ0) is 12.9. The number of unbranched alkanes of at least 4 members (excludes halogenated alkanes) is 1. The number of rotatable bonds is 5. The topological polar surface area (TPSA) is 0 Å². The van der Waals surface area contributed by atoms with E-state index in [2.05, 4.69) is 58.0 Å². The molecule has 0 saturated carbocycles. The van der Waals surface area contributed by atoms with E-state index in [0.29, 0.717) is 14.5 Å². The first-order valence-electron chi connectivity index (χ1n) is 6.22. The van der Waals surface area contributed by atoms with Crippen LogP contribution in [-0.2, 0) is 11.8 Å². The minimum absolute atomic E-state index is 0.261. The summed E-state index contributed by atoms with van der Waals surface area (Å²) in [4.78, 5) is 0. The number of hydrogen-bond acceptors (Lipinski definition) is 1. The van der Waals surface area contributed by atoms with Gasteiger partial charge in [-0.05, 0) is 0 Å². The number of benzene rings is 1. The van der Waals surface area contributed by atoms with Gasteiger partial charge in [0.15, 0.2) is 0 Å². The van der Waals surface area contributed by atoms with Crippen LogP contribution in [0.3, 0.4) is 0 Å². The summed E-state index contributed by atoms with van der Waals surface area (Å²) in [6.45, 7) is 9.25. The molecule has 1 aromatic carbocycles. The van der Waals surface area contributed by atoms with Crippen molar-refractivity contribution in [2.24, 2.45) is 0 Å². The van der Waals surface area contributed by atoms with E-state index in [0.717, 1.165) is 0 Å². The standard InChI is InChI=1S/C14H23PSSe/c1-5-6-12-17-15(16,14(2,3)4)13-10-8-7-9-11-13/h7-11H,5-6,12H2,1-4H3. The van der Waals surface area contributed by atoms with E-state index in [9.17, 15) is 0 Å². The van der Waals surface area contributed by atoms with Crippen molar-refractivity contribution in [2.45, 2.75) is 51.0 Å². The van der Waals surface area contributed by atoms with E-state index < -0.39 is 4.73 Å². The molecule has 0 fully saturated rings. The van der Waals surface area contributed by atoms with Gasteiger partial charge in [-0.2, -0.15) is 0 Å². The Morgan fingerprint density at radius 3 is 2.24 bits per heavy atom. The van der Waals surface area contributed by atoms with E-state index in [1.807, 2.05) is 0 Å². The maximum absolute atomic E-state index is 6.16. The molecule has 3 heteroatoms. The molecule has 0 spiro atoms. The first-order chi connectivity index (χ1) is 7.92. The molecule has 96 valence electrons. The number of hydrogen-bond donors (Lipinski definition) is 0. The van der Waals surface area contributed by atoms with Crippen LogP contribution < -0.4 is 5.30 Å². The van der Waals surface area contributed by atoms with Crippen LogP contribution in [0.4, 0.5) is 0 Å². The van der Waals surface area contributed by atoms with Crippen LogP contribution in [0.1, 0.15) is 40.5 Å². The Hall–Kier alpha value is 0.389. The molecule has 0 aliphatic rings. The fraction of sp³-hybridized carbons (Fsp3) is 0.571. The van der Waals surface area contributed by atoms with Crippen LogP contribution in [0.5, 0.6) is 0 Å². The third-order valence-electron chi connectivity index (χ3n) is 2.75. The molecule has 1 aromatic rings. The average Bonchev–Trinajstić information content (AvgIpc) is 2.29. The van der Waals surface area contributed by atoms with Gasteiger partial charge in [-0.25, -0.2) is 0 Å². The second-order valence-electron chi connectivity index (χ2n) is 5.24. The molecule has 1 rings (SSSR count). The molecule has 0 aliphatic heterocycles. The van der Waals surface area contributed by atoms with E-state index in [4.69, 9.17) is 11.8 Å². The molecular formula is C14H23PSSe. The fourth-order valence-electron chi connectivity index (χ4n) is 1.62. The van der Waals surface area contributed by atoms with Crippen LogP contribution in [0.2, 0.25) is 5.32 Å². The molecule has 17 heavy (non-hydrogen) atoms. The molecule has 0 N–H and O–H groups in total. The van der Waals surface area contributed by atoms with E-state index in [1.165, 1.54) is 23.5 Å². The zero-order valence-corrected chi connectivity index (χ0v) is 14.7. The summed E-state index contributed by atoms with van der Waals surface area (Å²) in [5.41, 5.74) is 0. The Kier molecular flexibility index (Phi) is 5.93. The summed E-state index contributed by atoms with van der Waals surface area (Å²) in [7, 11) is 0. The molecule has 1 atom stereocenters. The molecule has 0 bridgehead atoms. The SMILES string of the molecule is CCCC[Se]P(=S)(c1ccccc1)C(C)(C)C. The zero-order valence-electron chi connectivity index (χ0n) is 11.3. The predicted molar refractivity (Wildman–Crippen MR) is 85.6 cm³/mol. The van der Waals surface area contributed by atoms with Gasteiger partial charge in [0.2, 0.25) is 0 Å². The predicted octanol–water partition coefficient (Wildman–Crippen LogP) is 4.43. The van der Waals surface area contributed by atoms with Gasteiger partial charge in [0.1, 0.15) is 0 Å². The summed E-state index contributed by atoms with van der Waals surface area (Å²) >= 11 is 6.75. The minimum atomic E-state index is -1.39. The summed E-state index contributed by atoms with van der Waals surface area (Å²) in [6.07, 6.45) is 2.62. The van der Waals surface area contributed by atoms with Crippen molar-refractivity contribution in [1.82, 2.24) is 0 Å². The van der Waals surface area contributed by atoms with Crippen LogP contribution in [0.15, 0.2) is 30.3 Å². The van der Waals surface area contributed by atoms with Crippen LogP contribution in [0, 0.1) is 0 Å². The Labute approximate surface area is 117 Å². The fourth-order valence-corrected chi connectivity index (χ4v) is 12.6. The third kappa shape index (κ3) is 3.93. The van der Waals surface area contributed by atoms with Crippen molar-refractivity contribution in [1.29, 1.82) is 0 Å². The van der Waals surface area contributed by atoms with Crippen molar-refractivity contribution in [2.75, 3.05) is 0 Å². The Balaban J connectivity index is 3.00. The Bertz CT molecular complexity index is 381. The van der Waals surface area contributed by atoms with Crippen LogP contribution >= 0.6 is 4.73 Å². The molecule has 0 amide bonds. The molecule has 0 heterocycles. The summed E-state index contributed by atoms with van der Waals surface area (Å²) in [5.74, 6) is 0. The summed E-state index contributed by atoms with van der Waals surface area (Å²) in [6, 6.07) is 10.9. The molecule has 0 saturated heterocycles. The normalized spacial score (nSPS) is 15.5. The van der Waals surface area contributed by atoms with Gasteiger partial charge in [-0.3, -0.25) is 0 Å². The van der Waals surface area contributed by atoms with Gasteiger partial charge in [0, 0.05) is 0 Å². The van der Waals surface area contributed by atoms with Crippen molar-refractivity contribution in [3.05, 3.63) is 30.3 Å². The molecule has 0 nitrogen and oxygen atoms in total. The summed E-state index contributed by atoms with van der Waals surface area (Å²) < 4.78 is -1.39.